The summed E-state index contributed by atoms with van der Waals surface area (Å²) in [5.74, 6) is 0.143. The van der Waals surface area contributed by atoms with E-state index in [-0.39, 0.29) is 5.75 Å². The molecule has 1 heterocycles. The van der Waals surface area contributed by atoms with E-state index in [1.54, 1.807) is 4.68 Å². The van der Waals surface area contributed by atoms with Crippen molar-refractivity contribution in [2.45, 2.75) is 30.1 Å². The van der Waals surface area contributed by atoms with Gasteiger partial charge < -0.3 is 5.32 Å². The van der Waals surface area contributed by atoms with Crippen LogP contribution in [-0.2, 0) is 11.0 Å². The summed E-state index contributed by atoms with van der Waals surface area (Å²) >= 11 is 0.999. The number of hydrogen-bond acceptors (Lipinski definition) is 6. The zero-order valence-corrected chi connectivity index (χ0v) is 17.2. The zero-order valence-electron chi connectivity index (χ0n) is 16.4. The maximum Gasteiger partial charge on any atom is 0.418 e. The first-order valence-corrected chi connectivity index (χ1v) is 10.5. The predicted molar refractivity (Wildman–Crippen MR) is 111 cm³/mol. The molecule has 0 aliphatic heterocycles. The molecule has 12 heteroatoms. The minimum absolute atomic E-state index is 0.225. The van der Waals surface area contributed by atoms with Gasteiger partial charge in [0, 0.05) is 18.1 Å². The third-order valence-electron chi connectivity index (χ3n) is 4.68. The molecule has 1 aliphatic rings. The molecule has 0 spiro atoms. The van der Waals surface area contributed by atoms with Crippen molar-refractivity contribution in [3.05, 3.63) is 70.0 Å². The number of carbonyl (C=O) groups is 1. The van der Waals surface area contributed by atoms with Crippen LogP contribution in [0.4, 0.5) is 24.5 Å². The molecule has 1 aliphatic carbocycles. The van der Waals surface area contributed by atoms with Crippen molar-refractivity contribution in [2.24, 2.45) is 0 Å². The largest absolute Gasteiger partial charge is 0.418 e. The van der Waals surface area contributed by atoms with Crippen molar-refractivity contribution >= 4 is 29.0 Å². The number of thioether (sulfide) groups is 1. The molecule has 1 aromatic heterocycles. The number of para-hydroxylation sites is 1. The number of non-ortho nitro benzene ring substituents is 1. The fourth-order valence-electron chi connectivity index (χ4n) is 3.04. The molecule has 0 unspecified atom stereocenters. The van der Waals surface area contributed by atoms with Crippen molar-refractivity contribution < 1.29 is 22.9 Å². The normalized spacial score (nSPS) is 13.7. The van der Waals surface area contributed by atoms with Crippen LogP contribution in [0.15, 0.2) is 53.7 Å². The number of rotatable bonds is 7. The lowest BCUT2D eigenvalue weighted by atomic mass is 10.1. The molecular formula is C20H16F3N5O3S. The van der Waals surface area contributed by atoms with Crippen LogP contribution in [0.2, 0.25) is 0 Å². The van der Waals surface area contributed by atoms with Crippen LogP contribution in [0.3, 0.4) is 0 Å². The molecule has 32 heavy (non-hydrogen) atoms. The first kappa shape index (κ1) is 21.8. The Morgan fingerprint density at radius 2 is 1.94 bits per heavy atom. The highest BCUT2D eigenvalue weighted by molar-refractivity contribution is 7.99. The zero-order chi connectivity index (χ0) is 22.9. The van der Waals surface area contributed by atoms with Gasteiger partial charge in [0.15, 0.2) is 0 Å². The van der Waals surface area contributed by atoms with Gasteiger partial charge in [-0.1, -0.05) is 30.0 Å². The molecule has 0 radical (unpaired) electrons. The molecule has 1 amide bonds. The van der Waals surface area contributed by atoms with Gasteiger partial charge in [-0.05, 0) is 31.0 Å². The molecule has 0 saturated heterocycles. The summed E-state index contributed by atoms with van der Waals surface area (Å²) in [4.78, 5) is 26.7. The second-order valence-corrected chi connectivity index (χ2v) is 8.04. The average molecular weight is 463 g/mol. The third-order valence-corrected chi connectivity index (χ3v) is 5.52. The number of nitro groups is 1. The van der Waals surface area contributed by atoms with E-state index in [0.717, 1.165) is 48.2 Å². The number of carbonyl (C=O) groups excluding carboxylic acids is 1. The Morgan fingerprint density at radius 3 is 2.56 bits per heavy atom. The van der Waals surface area contributed by atoms with E-state index in [1.165, 1.54) is 0 Å². The van der Waals surface area contributed by atoms with Gasteiger partial charge in [0.2, 0.25) is 11.1 Å². The summed E-state index contributed by atoms with van der Waals surface area (Å²) in [5.41, 5.74) is -1.71. The van der Waals surface area contributed by atoms with E-state index >= 15 is 0 Å². The van der Waals surface area contributed by atoms with Crippen LogP contribution >= 0.6 is 11.8 Å². The van der Waals surface area contributed by atoms with Gasteiger partial charge in [-0.3, -0.25) is 14.9 Å². The van der Waals surface area contributed by atoms with Crippen LogP contribution < -0.4 is 5.32 Å². The number of nitro benzene ring substituents is 1. The number of nitrogens with one attached hydrogen (secondary N) is 1. The molecule has 3 aromatic rings. The van der Waals surface area contributed by atoms with Crippen molar-refractivity contribution in [3.8, 4) is 5.69 Å². The van der Waals surface area contributed by atoms with Gasteiger partial charge in [0.25, 0.3) is 5.69 Å². The summed E-state index contributed by atoms with van der Waals surface area (Å²) in [6.45, 7) is 0. The lowest BCUT2D eigenvalue weighted by molar-refractivity contribution is -0.385. The van der Waals surface area contributed by atoms with Gasteiger partial charge in [-0.15, -0.1) is 5.10 Å². The fraction of sp³-hybridized carbons (Fsp3) is 0.250. The highest BCUT2D eigenvalue weighted by atomic mass is 32.2. The average Bonchev–Trinajstić information content (AvgIpc) is 3.51. The summed E-state index contributed by atoms with van der Waals surface area (Å²) in [5, 5.41) is 17.7. The van der Waals surface area contributed by atoms with Gasteiger partial charge in [0.05, 0.1) is 27.6 Å². The monoisotopic (exact) mass is 463 g/mol. The fourth-order valence-corrected chi connectivity index (χ4v) is 3.67. The van der Waals surface area contributed by atoms with Gasteiger partial charge in [0.1, 0.15) is 5.82 Å². The number of aromatic nitrogens is 3. The van der Waals surface area contributed by atoms with E-state index in [9.17, 15) is 28.1 Å². The molecule has 1 fully saturated rings. The first-order chi connectivity index (χ1) is 15.2. The summed E-state index contributed by atoms with van der Waals surface area (Å²) in [7, 11) is 0. The van der Waals surface area contributed by atoms with Gasteiger partial charge in [-0.2, -0.15) is 13.2 Å². The second-order valence-electron chi connectivity index (χ2n) is 7.10. The van der Waals surface area contributed by atoms with E-state index in [0.29, 0.717) is 17.1 Å². The number of nitrogens with zero attached hydrogens (tertiary/aromatic N) is 4. The summed E-state index contributed by atoms with van der Waals surface area (Å²) < 4.78 is 41.6. The van der Waals surface area contributed by atoms with E-state index in [4.69, 9.17) is 0 Å². The lowest BCUT2D eigenvalue weighted by Crippen LogP contribution is -2.18. The van der Waals surface area contributed by atoms with Gasteiger partial charge >= 0.3 is 6.18 Å². The van der Waals surface area contributed by atoms with Gasteiger partial charge in [-0.25, -0.2) is 9.67 Å². The SMILES string of the molecule is O=C(CSc1nc(C2CC2)n(-c2ccccc2)n1)Nc1ccc([N+](=O)[O-])cc1C(F)(F)F. The Kier molecular flexibility index (Phi) is 5.87. The van der Waals surface area contributed by atoms with E-state index in [2.05, 4.69) is 15.4 Å². The molecular weight excluding hydrogens is 447 g/mol. The van der Waals surface area contributed by atoms with E-state index < -0.39 is 33.9 Å². The van der Waals surface area contributed by atoms with Crippen LogP contribution in [0, 0.1) is 10.1 Å². The molecule has 1 saturated carbocycles. The summed E-state index contributed by atoms with van der Waals surface area (Å²) in [6.07, 6.45) is -2.87. The van der Waals surface area contributed by atoms with E-state index in [1.807, 2.05) is 30.3 Å². The van der Waals surface area contributed by atoms with Crippen molar-refractivity contribution in [1.29, 1.82) is 0 Å². The quantitative estimate of drug-likeness (QED) is 0.307. The van der Waals surface area contributed by atoms with Crippen LogP contribution in [0.5, 0.6) is 0 Å². The number of alkyl halides is 3. The smallest absolute Gasteiger partial charge is 0.325 e. The second kappa shape index (κ2) is 8.61. The molecule has 4 rings (SSSR count). The van der Waals surface area contributed by atoms with Crippen molar-refractivity contribution in [1.82, 2.24) is 14.8 Å². The maximum atomic E-state index is 13.3. The molecule has 0 atom stereocenters. The highest BCUT2D eigenvalue weighted by Gasteiger charge is 2.36. The minimum Gasteiger partial charge on any atom is -0.325 e. The highest BCUT2D eigenvalue weighted by Crippen LogP contribution is 2.40. The Labute approximate surface area is 184 Å². The number of amides is 1. The van der Waals surface area contributed by atoms with Crippen molar-refractivity contribution in [2.75, 3.05) is 11.1 Å². The number of anilines is 1. The Morgan fingerprint density at radius 1 is 1.22 bits per heavy atom. The minimum atomic E-state index is -4.86. The number of benzene rings is 2. The van der Waals surface area contributed by atoms with Crippen molar-refractivity contribution in [3.63, 3.8) is 0 Å². The maximum absolute atomic E-state index is 13.3. The van der Waals surface area contributed by atoms with Crippen LogP contribution in [0.25, 0.3) is 5.69 Å². The molecule has 2 aromatic carbocycles. The molecule has 0 bridgehead atoms. The topological polar surface area (TPSA) is 103 Å². The Balaban J connectivity index is 1.48. The number of halogens is 3. The molecule has 166 valence electrons. The summed E-state index contributed by atoms with van der Waals surface area (Å²) in [6, 6.07) is 11.6. The predicted octanol–water partition coefficient (Wildman–Crippen LogP) is 4.80. The standard InChI is InChI=1S/C20H16F3N5O3S/c21-20(22,23)15-10-14(28(30)31)8-9-16(15)24-17(29)11-32-19-25-18(12-6-7-12)27(26-19)13-4-2-1-3-5-13/h1-5,8-10,12H,6-7,11H2,(H,24,29). The Hall–Kier alpha value is -3.41. The van der Waals surface area contributed by atoms with Crippen LogP contribution in [0.1, 0.15) is 30.1 Å². The van der Waals surface area contributed by atoms with Crippen LogP contribution in [-0.4, -0.2) is 31.3 Å². The molecule has 1 N–H and O–H groups in total. The number of hydrogen-bond donors (Lipinski definition) is 1. The Bertz CT molecular complexity index is 1160. The third kappa shape index (κ3) is 4.90. The molecule has 8 nitrogen and oxygen atoms in total. The lowest BCUT2D eigenvalue weighted by Gasteiger charge is -2.13. The first-order valence-electron chi connectivity index (χ1n) is 9.53.